The topological polar surface area (TPSA) is 70.1 Å². The molecule has 1 N–H and O–H groups in total. The van der Waals surface area contributed by atoms with Gasteiger partial charge < -0.3 is 19.6 Å². The van der Waals surface area contributed by atoms with Gasteiger partial charge in [-0.05, 0) is 47.7 Å². The standard InChI is InChI=1S/C33H34N2O4/c1-21(24-12-6-8-15-28(24)39-4)30(36)35-19-29-32(22-10-9-11-23(18-22)34(2)3)17-16-27(33(29,20-35)31(37)38)25-13-5-7-14-26(25)32/h5-15,18,27,29H,1,16-17,19-20H2,2-4H3,(H,37,38). The molecule has 2 fully saturated rings. The number of methoxy groups -OCH3 is 1. The number of likely N-dealkylation sites (tertiary alicyclic amines) is 1. The quantitative estimate of drug-likeness (QED) is 0.452. The third-order valence-electron chi connectivity index (χ3n) is 9.59. The van der Waals surface area contributed by atoms with E-state index in [0.717, 1.165) is 29.7 Å². The Balaban J connectivity index is 1.51. The van der Waals surface area contributed by atoms with E-state index in [-0.39, 0.29) is 24.3 Å². The molecule has 1 amide bonds. The van der Waals surface area contributed by atoms with Crippen molar-refractivity contribution in [2.75, 3.05) is 39.2 Å². The molecule has 6 heteroatoms. The Hall–Kier alpha value is -4.06. The van der Waals surface area contributed by atoms with Crippen LogP contribution < -0.4 is 9.64 Å². The zero-order valence-corrected chi connectivity index (χ0v) is 22.7. The van der Waals surface area contributed by atoms with Crippen molar-refractivity contribution < 1.29 is 19.4 Å². The molecule has 2 bridgehead atoms. The molecule has 1 saturated carbocycles. The highest BCUT2D eigenvalue weighted by atomic mass is 16.5. The van der Waals surface area contributed by atoms with Crippen LogP contribution in [0.2, 0.25) is 0 Å². The van der Waals surface area contributed by atoms with Crippen LogP contribution in [0.4, 0.5) is 5.69 Å². The Labute approximate surface area is 229 Å². The van der Waals surface area contributed by atoms with E-state index in [1.54, 1.807) is 18.1 Å². The van der Waals surface area contributed by atoms with E-state index in [9.17, 15) is 14.7 Å². The molecule has 4 unspecified atom stereocenters. The predicted octanol–water partition coefficient (Wildman–Crippen LogP) is 5.18. The number of aliphatic carboxylic acids is 1. The first kappa shape index (κ1) is 25.2. The molecule has 4 aliphatic rings. The van der Waals surface area contributed by atoms with Gasteiger partial charge in [0.2, 0.25) is 0 Å². The van der Waals surface area contributed by atoms with Crippen molar-refractivity contribution in [3.63, 3.8) is 0 Å². The molecule has 1 saturated heterocycles. The number of rotatable bonds is 6. The number of hydrogen-bond acceptors (Lipinski definition) is 4. The number of carbonyl (C=O) groups excluding carboxylic acids is 1. The van der Waals surface area contributed by atoms with E-state index in [0.29, 0.717) is 23.4 Å². The fraction of sp³-hybridized carbons (Fsp3) is 0.333. The minimum atomic E-state index is -1.09. The highest BCUT2D eigenvalue weighted by molar-refractivity contribution is 6.19. The lowest BCUT2D eigenvalue weighted by Crippen LogP contribution is -2.60. The summed E-state index contributed by atoms with van der Waals surface area (Å²) in [6.45, 7) is 4.66. The summed E-state index contributed by atoms with van der Waals surface area (Å²) in [5.74, 6) is -0.923. The largest absolute Gasteiger partial charge is 0.496 e. The van der Waals surface area contributed by atoms with E-state index < -0.39 is 16.8 Å². The van der Waals surface area contributed by atoms with Gasteiger partial charge in [0.15, 0.2) is 0 Å². The van der Waals surface area contributed by atoms with Crippen molar-refractivity contribution >= 4 is 23.1 Å². The van der Waals surface area contributed by atoms with Gasteiger partial charge in [-0.3, -0.25) is 9.59 Å². The average molecular weight is 523 g/mol. The van der Waals surface area contributed by atoms with Gasteiger partial charge in [0.05, 0.1) is 12.5 Å². The minimum Gasteiger partial charge on any atom is -0.496 e. The minimum absolute atomic E-state index is 0.160. The van der Waals surface area contributed by atoms with Crippen molar-refractivity contribution in [1.82, 2.24) is 4.90 Å². The van der Waals surface area contributed by atoms with Gasteiger partial charge in [-0.15, -0.1) is 0 Å². The SMILES string of the molecule is C=C(C(=O)N1CC2C3(c4cccc(N(C)C)c4)CCC(c4ccccc43)C2(C(=O)O)C1)c1ccccc1OC. The van der Waals surface area contributed by atoms with Crippen LogP contribution in [0.5, 0.6) is 5.75 Å². The highest BCUT2D eigenvalue weighted by Crippen LogP contribution is 2.69. The predicted molar refractivity (Wildman–Crippen MR) is 152 cm³/mol. The third kappa shape index (κ3) is 3.40. The maximum atomic E-state index is 14.0. The lowest BCUT2D eigenvalue weighted by molar-refractivity contribution is -0.157. The number of ether oxygens (including phenoxy) is 1. The summed E-state index contributed by atoms with van der Waals surface area (Å²) in [6, 6.07) is 24.1. The summed E-state index contributed by atoms with van der Waals surface area (Å²) < 4.78 is 5.49. The number of hydrogen-bond donors (Lipinski definition) is 1. The van der Waals surface area contributed by atoms with Gasteiger partial charge in [-0.25, -0.2) is 0 Å². The smallest absolute Gasteiger partial charge is 0.312 e. The van der Waals surface area contributed by atoms with Crippen LogP contribution in [0.3, 0.4) is 0 Å². The summed E-state index contributed by atoms with van der Waals surface area (Å²) in [5, 5.41) is 11.0. The van der Waals surface area contributed by atoms with E-state index in [1.165, 1.54) is 5.56 Å². The lowest BCUT2D eigenvalue weighted by Gasteiger charge is -2.59. The molecule has 3 aromatic carbocycles. The first-order valence-electron chi connectivity index (χ1n) is 13.5. The number of anilines is 1. The molecule has 0 aromatic heterocycles. The second kappa shape index (κ2) is 9.01. The van der Waals surface area contributed by atoms with Crippen molar-refractivity contribution in [3.05, 3.63) is 102 Å². The number of amides is 1. The second-order valence-electron chi connectivity index (χ2n) is 11.4. The van der Waals surface area contributed by atoms with Crippen LogP contribution in [0.1, 0.15) is 41.0 Å². The first-order valence-corrected chi connectivity index (χ1v) is 13.5. The van der Waals surface area contributed by atoms with E-state index in [2.05, 4.69) is 53.9 Å². The lowest BCUT2D eigenvalue weighted by atomic mass is 9.42. The molecular formula is C33H34N2O4. The first-order chi connectivity index (χ1) is 18.8. The van der Waals surface area contributed by atoms with Crippen LogP contribution >= 0.6 is 0 Å². The third-order valence-corrected chi connectivity index (χ3v) is 9.59. The van der Waals surface area contributed by atoms with Crippen LogP contribution in [0, 0.1) is 11.3 Å². The zero-order chi connectivity index (χ0) is 27.5. The Morgan fingerprint density at radius 1 is 1.05 bits per heavy atom. The molecule has 3 aliphatic carbocycles. The number of carboxylic acids is 1. The van der Waals surface area contributed by atoms with Crippen LogP contribution in [0.15, 0.2) is 79.4 Å². The van der Waals surface area contributed by atoms with E-state index in [1.807, 2.05) is 38.4 Å². The summed E-state index contributed by atoms with van der Waals surface area (Å²) in [4.78, 5) is 31.2. The number of fused-ring (bicyclic) bond motifs is 1. The fourth-order valence-corrected chi connectivity index (χ4v) is 7.87. The number of nitrogens with zero attached hydrogens (tertiary/aromatic N) is 2. The van der Waals surface area contributed by atoms with E-state index >= 15 is 0 Å². The van der Waals surface area contributed by atoms with Gasteiger partial charge in [0.1, 0.15) is 5.75 Å². The Bertz CT molecular complexity index is 1500. The van der Waals surface area contributed by atoms with Crippen molar-refractivity contribution in [2.45, 2.75) is 24.2 Å². The molecule has 6 nitrogen and oxygen atoms in total. The van der Waals surface area contributed by atoms with Gasteiger partial charge in [0, 0.05) is 61.3 Å². The van der Waals surface area contributed by atoms with Crippen LogP contribution in [-0.2, 0) is 15.0 Å². The molecule has 0 spiro atoms. The zero-order valence-electron chi connectivity index (χ0n) is 22.7. The van der Waals surface area contributed by atoms with Crippen molar-refractivity contribution in [3.8, 4) is 5.75 Å². The maximum absolute atomic E-state index is 14.0. The molecular weight excluding hydrogens is 488 g/mol. The van der Waals surface area contributed by atoms with Crippen LogP contribution in [-0.4, -0.2) is 56.2 Å². The normalized spacial score (nSPS) is 26.5. The summed E-state index contributed by atoms with van der Waals surface area (Å²) in [7, 11) is 5.61. The number of carbonyl (C=O) groups is 2. The number of para-hydroxylation sites is 1. The fourth-order valence-electron chi connectivity index (χ4n) is 7.87. The monoisotopic (exact) mass is 522 g/mol. The maximum Gasteiger partial charge on any atom is 0.312 e. The Kier molecular flexibility index (Phi) is 5.83. The van der Waals surface area contributed by atoms with E-state index in [4.69, 9.17) is 4.74 Å². The molecule has 1 heterocycles. The molecule has 7 rings (SSSR count). The number of carboxylic acid groups (broad SMARTS) is 1. The highest BCUT2D eigenvalue weighted by Gasteiger charge is 2.71. The second-order valence-corrected chi connectivity index (χ2v) is 11.4. The molecule has 1 aliphatic heterocycles. The molecule has 39 heavy (non-hydrogen) atoms. The number of benzene rings is 3. The van der Waals surface area contributed by atoms with Gasteiger partial charge >= 0.3 is 5.97 Å². The average Bonchev–Trinajstić information content (AvgIpc) is 3.41. The van der Waals surface area contributed by atoms with Crippen LogP contribution in [0.25, 0.3) is 5.57 Å². The Morgan fingerprint density at radius 3 is 2.54 bits per heavy atom. The van der Waals surface area contributed by atoms with Gasteiger partial charge in [0.25, 0.3) is 5.91 Å². The molecule has 3 aromatic rings. The molecule has 200 valence electrons. The van der Waals surface area contributed by atoms with Gasteiger partial charge in [-0.1, -0.05) is 61.2 Å². The summed E-state index contributed by atoms with van der Waals surface area (Å²) in [5.41, 5.74) is 3.85. The molecule has 0 radical (unpaired) electrons. The summed E-state index contributed by atoms with van der Waals surface area (Å²) in [6.07, 6.45) is 1.61. The van der Waals surface area contributed by atoms with Crippen molar-refractivity contribution in [1.29, 1.82) is 0 Å². The molecule has 4 atom stereocenters. The Morgan fingerprint density at radius 2 is 1.79 bits per heavy atom. The van der Waals surface area contributed by atoms with Crippen molar-refractivity contribution in [2.24, 2.45) is 11.3 Å². The summed E-state index contributed by atoms with van der Waals surface area (Å²) >= 11 is 0. The van der Waals surface area contributed by atoms with Gasteiger partial charge in [-0.2, -0.15) is 0 Å².